The third-order valence-corrected chi connectivity index (χ3v) is 7.62. The molecule has 0 radical (unpaired) electrons. The van der Waals surface area contributed by atoms with Gasteiger partial charge in [0.05, 0.1) is 12.6 Å². The first-order chi connectivity index (χ1) is 16.1. The number of aromatic nitrogens is 1. The zero-order chi connectivity index (χ0) is 22.8. The van der Waals surface area contributed by atoms with Crippen molar-refractivity contribution in [2.45, 2.75) is 63.0 Å². The van der Waals surface area contributed by atoms with Crippen molar-refractivity contribution in [3.63, 3.8) is 0 Å². The maximum Gasteiger partial charge on any atom is 0.325 e. The second kappa shape index (κ2) is 9.25. The minimum atomic E-state index is -1.15. The third-order valence-electron chi connectivity index (χ3n) is 7.62. The summed E-state index contributed by atoms with van der Waals surface area (Å²) in [7, 11) is 0. The van der Waals surface area contributed by atoms with E-state index in [0.29, 0.717) is 38.1 Å². The van der Waals surface area contributed by atoms with Crippen LogP contribution in [0.15, 0.2) is 36.2 Å². The molecule has 3 aliphatic heterocycles. The topological polar surface area (TPSA) is 91.8 Å². The lowest BCUT2D eigenvalue weighted by molar-refractivity contribution is -0.136. The average molecular weight is 453 g/mol. The van der Waals surface area contributed by atoms with Crippen LogP contribution in [-0.4, -0.2) is 65.0 Å². The molecule has 5 rings (SSSR count). The van der Waals surface area contributed by atoms with Crippen molar-refractivity contribution in [3.8, 4) is 0 Å². The number of carbonyl (C=O) groups is 3. The van der Waals surface area contributed by atoms with Gasteiger partial charge in [-0.1, -0.05) is 12.1 Å². The number of ether oxygens (including phenoxy) is 1. The number of carbonyl (C=O) groups excluding carboxylic acids is 3. The highest BCUT2D eigenvalue weighted by Crippen LogP contribution is 2.41. The van der Waals surface area contributed by atoms with Crippen LogP contribution in [0, 0.1) is 5.92 Å². The van der Waals surface area contributed by atoms with Gasteiger partial charge in [0.15, 0.2) is 5.54 Å². The first-order valence-corrected chi connectivity index (χ1v) is 12.2. The minimum Gasteiger partial charge on any atom is -0.376 e. The van der Waals surface area contributed by atoms with Gasteiger partial charge in [-0.3, -0.25) is 19.5 Å². The summed E-state index contributed by atoms with van der Waals surface area (Å²) in [6, 6.07) is 3.30. The summed E-state index contributed by atoms with van der Waals surface area (Å²) in [5.74, 6) is -0.210. The van der Waals surface area contributed by atoms with Gasteiger partial charge in [0, 0.05) is 43.2 Å². The number of urea groups is 1. The van der Waals surface area contributed by atoms with Crippen LogP contribution >= 0.6 is 0 Å². The molecule has 1 N–H and O–H groups in total. The second-order valence-electron chi connectivity index (χ2n) is 9.57. The Morgan fingerprint density at radius 3 is 2.70 bits per heavy atom. The van der Waals surface area contributed by atoms with Crippen LogP contribution in [0.25, 0.3) is 0 Å². The van der Waals surface area contributed by atoms with Gasteiger partial charge in [-0.2, -0.15) is 0 Å². The predicted octanol–water partition coefficient (Wildman–Crippen LogP) is 2.75. The molecule has 0 spiro atoms. The van der Waals surface area contributed by atoms with Gasteiger partial charge in [0.1, 0.15) is 0 Å². The zero-order valence-electron chi connectivity index (χ0n) is 19.0. The van der Waals surface area contributed by atoms with E-state index in [1.807, 2.05) is 11.0 Å². The molecule has 4 aliphatic rings. The summed E-state index contributed by atoms with van der Waals surface area (Å²) in [5.41, 5.74) is 0.482. The number of likely N-dealkylation sites (tertiary alicyclic amines) is 1. The molecule has 1 aromatic rings. The highest BCUT2D eigenvalue weighted by Gasteiger charge is 2.57. The van der Waals surface area contributed by atoms with Crippen LogP contribution in [-0.2, 0) is 19.9 Å². The van der Waals surface area contributed by atoms with Gasteiger partial charge < -0.3 is 15.0 Å². The van der Waals surface area contributed by atoms with Gasteiger partial charge in [0.2, 0.25) is 5.91 Å². The Morgan fingerprint density at radius 1 is 1.18 bits per heavy atom. The SMILES string of the molecule is O=C(C1=CCCCC1)N1CCC([C@]2(c3cccnc3)NC(=O)N(C[C@@H]3CCCO3)C2=O)CC1. The molecule has 1 aromatic heterocycles. The van der Waals surface area contributed by atoms with Crippen LogP contribution < -0.4 is 5.32 Å². The quantitative estimate of drug-likeness (QED) is 0.694. The van der Waals surface area contributed by atoms with Crippen molar-refractivity contribution in [1.82, 2.24) is 20.1 Å². The number of imide groups is 1. The summed E-state index contributed by atoms with van der Waals surface area (Å²) in [5, 5.41) is 3.06. The Hall–Kier alpha value is -2.74. The van der Waals surface area contributed by atoms with Gasteiger partial charge in [-0.15, -0.1) is 0 Å². The highest BCUT2D eigenvalue weighted by atomic mass is 16.5. The van der Waals surface area contributed by atoms with Crippen LogP contribution in [0.4, 0.5) is 4.79 Å². The largest absolute Gasteiger partial charge is 0.376 e. The van der Waals surface area contributed by atoms with Crippen molar-refractivity contribution in [2.24, 2.45) is 5.92 Å². The molecule has 33 heavy (non-hydrogen) atoms. The molecule has 0 unspecified atom stereocenters. The number of hydrogen-bond acceptors (Lipinski definition) is 5. The maximum absolute atomic E-state index is 13.9. The van der Waals surface area contributed by atoms with Crippen molar-refractivity contribution >= 4 is 17.8 Å². The molecule has 4 amide bonds. The number of amides is 4. The lowest BCUT2D eigenvalue weighted by atomic mass is 9.73. The van der Waals surface area contributed by atoms with Crippen molar-refractivity contribution < 1.29 is 19.1 Å². The predicted molar refractivity (Wildman–Crippen MR) is 121 cm³/mol. The number of nitrogens with zero attached hydrogens (tertiary/aromatic N) is 3. The number of rotatable bonds is 5. The average Bonchev–Trinajstić information content (AvgIpc) is 3.47. The molecule has 3 fully saturated rings. The van der Waals surface area contributed by atoms with Crippen molar-refractivity contribution in [3.05, 3.63) is 41.7 Å². The van der Waals surface area contributed by atoms with Gasteiger partial charge in [-0.05, 0) is 63.4 Å². The summed E-state index contributed by atoms with van der Waals surface area (Å²) in [4.78, 5) is 47.4. The zero-order valence-corrected chi connectivity index (χ0v) is 19.0. The fourth-order valence-electron chi connectivity index (χ4n) is 5.81. The Labute approximate surface area is 194 Å². The fourth-order valence-corrected chi connectivity index (χ4v) is 5.81. The standard InChI is InChI=1S/C25H32N4O4/c30-22(18-6-2-1-3-7-18)28-13-10-19(11-14-28)25(20-8-4-12-26-16-20)23(31)29(24(32)27-25)17-21-9-5-15-33-21/h4,6,8,12,16,19,21H,1-3,5,7,9-11,13-15,17H2,(H,27,32)/t21-,25+/m0/s1. The molecular formula is C25H32N4O4. The normalized spacial score (nSPS) is 28.7. The molecule has 4 heterocycles. The lowest BCUT2D eigenvalue weighted by Gasteiger charge is -2.41. The number of pyridine rings is 1. The molecule has 3 saturated heterocycles. The first kappa shape index (κ1) is 22.1. The lowest BCUT2D eigenvalue weighted by Crippen LogP contribution is -2.54. The Balaban J connectivity index is 1.37. The number of hydrogen-bond donors (Lipinski definition) is 1. The van der Waals surface area contributed by atoms with Crippen LogP contribution in [0.2, 0.25) is 0 Å². The van der Waals surface area contributed by atoms with E-state index in [-0.39, 0.29) is 36.4 Å². The Bertz CT molecular complexity index is 935. The Kier molecular flexibility index (Phi) is 6.19. The molecule has 8 heteroatoms. The molecule has 8 nitrogen and oxygen atoms in total. The van der Waals surface area contributed by atoms with Crippen LogP contribution in [0.1, 0.15) is 56.9 Å². The fraction of sp³-hybridized carbons (Fsp3) is 0.600. The minimum absolute atomic E-state index is 0.104. The van der Waals surface area contributed by atoms with Gasteiger partial charge in [-0.25, -0.2) is 4.79 Å². The number of nitrogens with one attached hydrogen (secondary N) is 1. The second-order valence-corrected chi connectivity index (χ2v) is 9.57. The van der Waals surface area contributed by atoms with E-state index in [1.54, 1.807) is 18.5 Å². The van der Waals surface area contributed by atoms with E-state index in [1.165, 1.54) is 4.90 Å². The summed E-state index contributed by atoms with van der Waals surface area (Å²) >= 11 is 0. The monoisotopic (exact) mass is 452 g/mol. The van der Waals surface area contributed by atoms with Gasteiger partial charge >= 0.3 is 6.03 Å². The molecule has 176 valence electrons. The summed E-state index contributed by atoms with van der Waals surface area (Å²) in [6.07, 6.45) is 12.5. The smallest absolute Gasteiger partial charge is 0.325 e. The molecule has 0 saturated carbocycles. The maximum atomic E-state index is 13.9. The van der Waals surface area contributed by atoms with E-state index in [9.17, 15) is 14.4 Å². The Morgan fingerprint density at radius 2 is 2.03 bits per heavy atom. The molecule has 0 aromatic carbocycles. The molecule has 2 atom stereocenters. The number of piperidine rings is 1. The van der Waals surface area contributed by atoms with Crippen LogP contribution in [0.5, 0.6) is 0 Å². The van der Waals surface area contributed by atoms with E-state index < -0.39 is 5.54 Å². The first-order valence-electron chi connectivity index (χ1n) is 12.2. The van der Waals surface area contributed by atoms with E-state index in [0.717, 1.165) is 44.1 Å². The van der Waals surface area contributed by atoms with Crippen molar-refractivity contribution in [1.29, 1.82) is 0 Å². The van der Waals surface area contributed by atoms with Crippen molar-refractivity contribution in [2.75, 3.05) is 26.2 Å². The summed E-state index contributed by atoms with van der Waals surface area (Å²) < 4.78 is 5.69. The summed E-state index contributed by atoms with van der Waals surface area (Å²) in [6.45, 7) is 2.11. The molecule has 1 aliphatic carbocycles. The molecule has 0 bridgehead atoms. The number of allylic oxidation sites excluding steroid dienone is 1. The van der Waals surface area contributed by atoms with Crippen LogP contribution in [0.3, 0.4) is 0 Å². The van der Waals surface area contributed by atoms with E-state index in [2.05, 4.69) is 16.4 Å². The highest BCUT2D eigenvalue weighted by molar-refractivity contribution is 6.07. The molecular weight excluding hydrogens is 420 g/mol. The third kappa shape index (κ3) is 4.05. The van der Waals surface area contributed by atoms with E-state index >= 15 is 0 Å². The van der Waals surface area contributed by atoms with Gasteiger partial charge in [0.25, 0.3) is 5.91 Å². The van der Waals surface area contributed by atoms with E-state index in [4.69, 9.17) is 4.74 Å².